The number of ether oxygens (including phenoxy) is 1. The van der Waals surface area contributed by atoms with Crippen LogP contribution in [0.15, 0.2) is 48.6 Å². The van der Waals surface area contributed by atoms with Gasteiger partial charge in [-0.3, -0.25) is 9.59 Å². The first-order valence-corrected chi connectivity index (χ1v) is 23.9. The number of hydrogen-bond acceptors (Lipinski definition) is 5. The lowest BCUT2D eigenvalue weighted by molar-refractivity contribution is -0.148. The van der Waals surface area contributed by atoms with Crippen molar-refractivity contribution >= 4 is 11.9 Å². The molecular weight excluding hydrogens is 695 g/mol. The molecule has 0 rings (SSSR count). The summed E-state index contributed by atoms with van der Waals surface area (Å²) in [6, 6.07) is -0.741. The Hall–Kier alpha value is -2.18. The summed E-state index contributed by atoms with van der Waals surface area (Å²) in [6.45, 7) is 6.41. The van der Waals surface area contributed by atoms with E-state index >= 15 is 0 Å². The Morgan fingerprint density at radius 3 is 1.41 bits per heavy atom. The summed E-state index contributed by atoms with van der Waals surface area (Å²) in [5.74, 6) is -0.683. The fourth-order valence-electron chi connectivity index (χ4n) is 6.98. The number of carbonyl (C=O) groups is 2. The molecule has 0 bridgehead atoms. The lowest BCUT2D eigenvalue weighted by Crippen LogP contribution is -2.46. The van der Waals surface area contributed by atoms with Gasteiger partial charge in [0.1, 0.15) is 6.10 Å². The number of esters is 1. The van der Waals surface area contributed by atoms with Crippen LogP contribution in [0.4, 0.5) is 0 Å². The normalized spacial score (nSPS) is 13.7. The van der Waals surface area contributed by atoms with Gasteiger partial charge in [0.2, 0.25) is 5.91 Å². The Labute approximate surface area is 346 Å². The SMILES string of the molecule is CCCCCCCC/C=C\C/C=C/CCC(=O)OC(/C=C/C/C=C\CCCCCCCC)CC(=O)NC(CO)C(O)CCCCCCCCCCCCCCC. The highest BCUT2D eigenvalue weighted by Gasteiger charge is 2.23. The van der Waals surface area contributed by atoms with Crippen LogP contribution in [-0.4, -0.2) is 46.9 Å². The van der Waals surface area contributed by atoms with E-state index in [1.807, 2.05) is 12.2 Å². The molecule has 0 aliphatic carbocycles. The first kappa shape index (κ1) is 53.8. The minimum absolute atomic E-state index is 0.0507. The van der Waals surface area contributed by atoms with Gasteiger partial charge in [-0.25, -0.2) is 0 Å². The Balaban J connectivity index is 4.71. The van der Waals surface area contributed by atoms with E-state index in [1.165, 1.54) is 141 Å². The predicted molar refractivity (Wildman–Crippen MR) is 241 cm³/mol. The summed E-state index contributed by atoms with van der Waals surface area (Å²) in [5, 5.41) is 23.6. The third-order valence-corrected chi connectivity index (χ3v) is 10.6. The molecule has 0 aliphatic rings. The van der Waals surface area contributed by atoms with Crippen molar-refractivity contribution < 1.29 is 24.5 Å². The Bertz CT molecular complexity index is 972. The Kier molecular flexibility index (Phi) is 42.2. The molecule has 0 saturated carbocycles. The first-order valence-electron chi connectivity index (χ1n) is 23.9. The van der Waals surface area contributed by atoms with Gasteiger partial charge in [0.15, 0.2) is 0 Å². The highest BCUT2D eigenvalue weighted by molar-refractivity contribution is 5.78. The molecule has 3 N–H and O–H groups in total. The second-order valence-electron chi connectivity index (χ2n) is 16.2. The lowest BCUT2D eigenvalue weighted by Gasteiger charge is -2.23. The quantitative estimate of drug-likeness (QED) is 0.0325. The van der Waals surface area contributed by atoms with Crippen LogP contribution in [0.2, 0.25) is 0 Å². The lowest BCUT2D eigenvalue weighted by atomic mass is 10.0. The van der Waals surface area contributed by atoms with Crippen LogP contribution in [0.1, 0.15) is 233 Å². The topological polar surface area (TPSA) is 95.9 Å². The molecule has 326 valence electrons. The minimum Gasteiger partial charge on any atom is -0.458 e. The van der Waals surface area contributed by atoms with E-state index in [0.29, 0.717) is 19.3 Å². The number of rotatable bonds is 42. The molecule has 56 heavy (non-hydrogen) atoms. The zero-order valence-corrected chi connectivity index (χ0v) is 37.0. The number of unbranched alkanes of at least 4 members (excludes halogenated alkanes) is 24. The van der Waals surface area contributed by atoms with Gasteiger partial charge >= 0.3 is 5.97 Å². The number of hydrogen-bond donors (Lipinski definition) is 3. The van der Waals surface area contributed by atoms with E-state index in [4.69, 9.17) is 4.74 Å². The molecule has 3 atom stereocenters. The van der Waals surface area contributed by atoms with Crippen molar-refractivity contribution in [2.75, 3.05) is 6.61 Å². The summed E-state index contributed by atoms with van der Waals surface area (Å²) in [5.41, 5.74) is 0. The number of aliphatic hydroxyl groups excluding tert-OH is 2. The van der Waals surface area contributed by atoms with Crippen LogP contribution in [-0.2, 0) is 14.3 Å². The molecule has 0 fully saturated rings. The largest absolute Gasteiger partial charge is 0.458 e. The number of amides is 1. The Morgan fingerprint density at radius 1 is 0.536 bits per heavy atom. The van der Waals surface area contributed by atoms with Crippen molar-refractivity contribution in [3.63, 3.8) is 0 Å². The van der Waals surface area contributed by atoms with Gasteiger partial charge in [0.25, 0.3) is 0 Å². The summed E-state index contributed by atoms with van der Waals surface area (Å²) < 4.78 is 5.77. The van der Waals surface area contributed by atoms with Crippen LogP contribution in [0, 0.1) is 0 Å². The molecule has 0 aromatic rings. The van der Waals surface area contributed by atoms with Crippen LogP contribution >= 0.6 is 0 Å². The molecule has 3 unspecified atom stereocenters. The van der Waals surface area contributed by atoms with Gasteiger partial charge in [-0.1, -0.05) is 211 Å². The molecule has 6 nitrogen and oxygen atoms in total. The van der Waals surface area contributed by atoms with Crippen LogP contribution in [0.3, 0.4) is 0 Å². The summed E-state index contributed by atoms with van der Waals surface area (Å²) in [7, 11) is 0. The van der Waals surface area contributed by atoms with Crippen LogP contribution in [0.5, 0.6) is 0 Å². The maximum atomic E-state index is 13.1. The molecule has 1 amide bonds. The molecule has 0 aromatic heterocycles. The van der Waals surface area contributed by atoms with Crippen molar-refractivity contribution in [2.24, 2.45) is 0 Å². The standard InChI is InChI=1S/C50H91NO5/c1-4-7-10-13-16-19-22-24-27-30-33-36-39-42-48(53)47(45-52)51-49(54)44-46(41-38-35-32-29-26-21-18-15-12-9-6-3)56-50(55)43-40-37-34-31-28-25-23-20-17-14-11-8-5-2/h25,28-29,32,34,37-38,41,46-48,52-53H,4-24,26-27,30-31,33,35-36,39-40,42-45H2,1-3H3,(H,51,54)/b28-25-,32-29-,37-34+,41-38+. The van der Waals surface area contributed by atoms with E-state index in [0.717, 1.165) is 38.5 Å². The zero-order chi connectivity index (χ0) is 41.0. The molecule has 0 aromatic carbocycles. The molecule has 6 heteroatoms. The third kappa shape index (κ3) is 38.7. The van der Waals surface area contributed by atoms with E-state index < -0.39 is 18.2 Å². The van der Waals surface area contributed by atoms with E-state index in [-0.39, 0.29) is 31.3 Å². The predicted octanol–water partition coefficient (Wildman–Crippen LogP) is 13.9. The average Bonchev–Trinajstić information content (AvgIpc) is 3.19. The zero-order valence-electron chi connectivity index (χ0n) is 37.0. The fourth-order valence-corrected chi connectivity index (χ4v) is 6.98. The van der Waals surface area contributed by atoms with Gasteiger partial charge < -0.3 is 20.3 Å². The molecule has 0 radical (unpaired) electrons. The molecule has 0 spiro atoms. The monoisotopic (exact) mass is 786 g/mol. The number of nitrogens with one attached hydrogen (secondary N) is 1. The average molecular weight is 786 g/mol. The Morgan fingerprint density at radius 2 is 0.946 bits per heavy atom. The van der Waals surface area contributed by atoms with Gasteiger partial charge in [0, 0.05) is 6.42 Å². The van der Waals surface area contributed by atoms with Gasteiger partial charge in [-0.2, -0.15) is 0 Å². The van der Waals surface area contributed by atoms with E-state index in [2.05, 4.69) is 56.5 Å². The molecular formula is C50H91NO5. The smallest absolute Gasteiger partial charge is 0.306 e. The first-order chi connectivity index (χ1) is 27.5. The van der Waals surface area contributed by atoms with Crippen molar-refractivity contribution in [1.82, 2.24) is 5.32 Å². The number of allylic oxidation sites excluding steroid dienone is 7. The minimum atomic E-state index is -0.817. The highest BCUT2D eigenvalue weighted by Crippen LogP contribution is 2.15. The highest BCUT2D eigenvalue weighted by atomic mass is 16.5. The van der Waals surface area contributed by atoms with E-state index in [9.17, 15) is 19.8 Å². The molecule has 0 saturated heterocycles. The van der Waals surface area contributed by atoms with Crippen molar-refractivity contribution in [3.05, 3.63) is 48.6 Å². The summed E-state index contributed by atoms with van der Waals surface area (Å²) in [4.78, 5) is 25.9. The van der Waals surface area contributed by atoms with Crippen LogP contribution in [0.25, 0.3) is 0 Å². The molecule has 0 aliphatic heterocycles. The second kappa shape index (κ2) is 43.9. The van der Waals surface area contributed by atoms with Crippen molar-refractivity contribution in [2.45, 2.75) is 251 Å². The van der Waals surface area contributed by atoms with E-state index in [1.54, 1.807) is 6.08 Å². The fraction of sp³-hybridized carbons (Fsp3) is 0.800. The number of carbonyl (C=O) groups excluding carboxylic acids is 2. The molecule has 0 heterocycles. The maximum absolute atomic E-state index is 13.1. The van der Waals surface area contributed by atoms with Crippen molar-refractivity contribution in [3.8, 4) is 0 Å². The van der Waals surface area contributed by atoms with Crippen molar-refractivity contribution in [1.29, 1.82) is 0 Å². The maximum Gasteiger partial charge on any atom is 0.306 e. The second-order valence-corrected chi connectivity index (χ2v) is 16.2. The van der Waals surface area contributed by atoms with Gasteiger partial charge in [0.05, 0.1) is 25.2 Å². The van der Waals surface area contributed by atoms with Crippen LogP contribution < -0.4 is 5.32 Å². The van der Waals surface area contributed by atoms with Gasteiger partial charge in [-0.15, -0.1) is 0 Å². The summed E-state index contributed by atoms with van der Waals surface area (Å²) in [6.07, 6.45) is 52.1. The van der Waals surface area contributed by atoms with Gasteiger partial charge in [-0.05, 0) is 57.4 Å². The number of aliphatic hydroxyl groups is 2. The summed E-state index contributed by atoms with van der Waals surface area (Å²) >= 11 is 0. The third-order valence-electron chi connectivity index (χ3n) is 10.6.